The van der Waals surface area contributed by atoms with Crippen LogP contribution in [0.5, 0.6) is 23.0 Å². The molecule has 3 N–H and O–H groups in total. The number of carbonyl (C=O) groups is 1. The van der Waals surface area contributed by atoms with Gasteiger partial charge in [0.1, 0.15) is 24.2 Å². The molecule has 0 aromatic heterocycles. The second kappa shape index (κ2) is 8.82. The van der Waals surface area contributed by atoms with Crippen LogP contribution in [0.15, 0.2) is 36.4 Å². The van der Waals surface area contributed by atoms with Crippen LogP contribution in [0.4, 0.5) is 5.69 Å². The number of hydrogen-bond donors (Lipinski definition) is 3. The Bertz CT molecular complexity index is 961. The lowest BCUT2D eigenvalue weighted by molar-refractivity contribution is -0.122. The number of nitrogens with zero attached hydrogens (tertiary/aromatic N) is 1. The van der Waals surface area contributed by atoms with E-state index < -0.39 is 11.9 Å². The van der Waals surface area contributed by atoms with E-state index in [1.165, 1.54) is 19.1 Å². The minimum absolute atomic E-state index is 0.0127. The molecule has 2 aliphatic heterocycles. The van der Waals surface area contributed by atoms with Crippen molar-refractivity contribution < 1.29 is 29.2 Å². The maximum atomic E-state index is 11.3. The standard InChI is InChI=1S/C22H25ClN2O6/c1-14(26)24-18-4-3-16(27)11-20(18)29-13-17(28)12-25-8-6-22(7-9-25)30-19-5-2-15(23)10-21(19)31-22/h2-5,10-11,17,27-28H,6-9,12-13H2,1H3,(H,24,26)/t17-/m1/s1. The molecule has 0 saturated carbocycles. The van der Waals surface area contributed by atoms with Crippen LogP contribution in [0.2, 0.25) is 5.02 Å². The summed E-state index contributed by atoms with van der Waals surface area (Å²) in [6.45, 7) is 3.22. The van der Waals surface area contributed by atoms with Crippen molar-refractivity contribution in [2.24, 2.45) is 0 Å². The molecule has 0 aliphatic carbocycles. The second-order valence-corrected chi connectivity index (χ2v) is 8.27. The minimum Gasteiger partial charge on any atom is -0.508 e. The summed E-state index contributed by atoms with van der Waals surface area (Å²) in [7, 11) is 0. The van der Waals surface area contributed by atoms with E-state index in [1.54, 1.807) is 18.2 Å². The summed E-state index contributed by atoms with van der Waals surface area (Å²) in [5.74, 6) is 0.747. The van der Waals surface area contributed by atoms with E-state index >= 15 is 0 Å². The average molecular weight is 449 g/mol. The highest BCUT2D eigenvalue weighted by Gasteiger charge is 2.44. The number of β-amino-alcohol motifs (C(OH)–C–C–N with tert-alkyl or cyclic N) is 1. The summed E-state index contributed by atoms with van der Waals surface area (Å²) in [5, 5.41) is 23.4. The fraction of sp³-hybridized carbons (Fsp3) is 0.409. The third-order valence-electron chi connectivity index (χ3n) is 5.29. The van der Waals surface area contributed by atoms with Crippen molar-refractivity contribution in [3.63, 3.8) is 0 Å². The Morgan fingerprint density at radius 1 is 1.23 bits per heavy atom. The fourth-order valence-electron chi connectivity index (χ4n) is 3.81. The lowest BCUT2D eigenvalue weighted by Gasteiger charge is -2.38. The topological polar surface area (TPSA) is 100 Å². The zero-order valence-corrected chi connectivity index (χ0v) is 17.9. The Kier molecular flexibility index (Phi) is 6.13. The van der Waals surface area contributed by atoms with Gasteiger partial charge in [-0.2, -0.15) is 0 Å². The molecule has 2 aromatic rings. The number of carbonyl (C=O) groups excluding carboxylic acids is 1. The number of piperidine rings is 1. The van der Waals surface area contributed by atoms with Crippen LogP contribution in [0.1, 0.15) is 19.8 Å². The maximum absolute atomic E-state index is 11.3. The number of rotatable bonds is 6. The van der Waals surface area contributed by atoms with Crippen molar-refractivity contribution in [3.8, 4) is 23.0 Å². The van der Waals surface area contributed by atoms with Crippen molar-refractivity contribution in [2.75, 3.05) is 31.6 Å². The quantitative estimate of drug-likeness (QED) is 0.584. The molecule has 8 nitrogen and oxygen atoms in total. The number of anilines is 1. The monoisotopic (exact) mass is 448 g/mol. The Balaban J connectivity index is 1.27. The van der Waals surface area contributed by atoms with Crippen molar-refractivity contribution in [2.45, 2.75) is 31.7 Å². The average Bonchev–Trinajstić information content (AvgIpc) is 3.06. The van der Waals surface area contributed by atoms with Crippen molar-refractivity contribution in [1.29, 1.82) is 0 Å². The number of amides is 1. The van der Waals surface area contributed by atoms with Crippen LogP contribution in [-0.4, -0.2) is 59.2 Å². The molecule has 2 heterocycles. The third kappa shape index (κ3) is 5.15. The van der Waals surface area contributed by atoms with Gasteiger partial charge in [-0.15, -0.1) is 0 Å². The van der Waals surface area contributed by atoms with Gasteiger partial charge in [-0.1, -0.05) is 11.6 Å². The van der Waals surface area contributed by atoms with Gasteiger partial charge in [-0.3, -0.25) is 4.79 Å². The number of halogens is 1. The summed E-state index contributed by atoms with van der Waals surface area (Å²) in [6, 6.07) is 9.76. The first kappa shape index (κ1) is 21.5. The van der Waals surface area contributed by atoms with Gasteiger partial charge < -0.3 is 34.6 Å². The van der Waals surface area contributed by atoms with E-state index in [0.29, 0.717) is 60.4 Å². The molecule has 1 fully saturated rings. The Morgan fingerprint density at radius 3 is 2.71 bits per heavy atom. The second-order valence-electron chi connectivity index (χ2n) is 7.83. The number of aliphatic hydroxyl groups excluding tert-OH is 1. The lowest BCUT2D eigenvalue weighted by atomic mass is 10.0. The summed E-state index contributed by atoms with van der Waals surface area (Å²) in [5.41, 5.74) is 0.438. The molecule has 0 unspecified atom stereocenters. The van der Waals surface area contributed by atoms with Crippen molar-refractivity contribution in [3.05, 3.63) is 41.4 Å². The summed E-state index contributed by atoms with van der Waals surface area (Å²) < 4.78 is 17.8. The van der Waals surface area contributed by atoms with Crippen LogP contribution >= 0.6 is 11.6 Å². The first-order chi connectivity index (χ1) is 14.8. The van der Waals surface area contributed by atoms with Gasteiger partial charge in [0, 0.05) is 56.6 Å². The van der Waals surface area contributed by atoms with E-state index in [2.05, 4.69) is 10.2 Å². The predicted molar refractivity (Wildman–Crippen MR) is 115 cm³/mol. The molecule has 166 valence electrons. The van der Waals surface area contributed by atoms with Crippen LogP contribution < -0.4 is 19.5 Å². The highest BCUT2D eigenvalue weighted by atomic mass is 35.5. The van der Waals surface area contributed by atoms with E-state index in [-0.39, 0.29) is 18.3 Å². The smallest absolute Gasteiger partial charge is 0.254 e. The van der Waals surface area contributed by atoms with Gasteiger partial charge in [0.05, 0.1) is 5.69 Å². The number of likely N-dealkylation sites (tertiary alicyclic amines) is 1. The zero-order valence-electron chi connectivity index (χ0n) is 17.1. The highest BCUT2D eigenvalue weighted by Crippen LogP contribution is 2.44. The highest BCUT2D eigenvalue weighted by molar-refractivity contribution is 6.30. The molecule has 1 amide bonds. The van der Waals surface area contributed by atoms with Crippen LogP contribution in [0, 0.1) is 0 Å². The number of aromatic hydroxyl groups is 1. The van der Waals surface area contributed by atoms with Gasteiger partial charge in [0.25, 0.3) is 5.79 Å². The number of phenols is 1. The number of aliphatic hydroxyl groups is 1. The number of benzene rings is 2. The first-order valence-electron chi connectivity index (χ1n) is 10.1. The molecule has 1 spiro atoms. The molecular weight excluding hydrogens is 424 g/mol. The van der Waals surface area contributed by atoms with Crippen LogP contribution in [0.25, 0.3) is 0 Å². The lowest BCUT2D eigenvalue weighted by Crippen LogP contribution is -2.51. The van der Waals surface area contributed by atoms with Gasteiger partial charge in [-0.05, 0) is 24.3 Å². The number of phenolic OH excluding ortho intramolecular Hbond substituents is 1. The maximum Gasteiger partial charge on any atom is 0.254 e. The molecule has 2 aliphatic rings. The number of fused-ring (bicyclic) bond motifs is 1. The van der Waals surface area contributed by atoms with Crippen LogP contribution in [-0.2, 0) is 4.79 Å². The predicted octanol–water partition coefficient (Wildman–Crippen LogP) is 3.01. The molecule has 2 aromatic carbocycles. The van der Waals surface area contributed by atoms with Gasteiger partial charge in [-0.25, -0.2) is 0 Å². The van der Waals surface area contributed by atoms with E-state index in [9.17, 15) is 15.0 Å². The Hall–Kier alpha value is -2.68. The van der Waals surface area contributed by atoms with Gasteiger partial charge >= 0.3 is 0 Å². The molecule has 0 radical (unpaired) electrons. The molecule has 1 saturated heterocycles. The Labute approximate surface area is 185 Å². The van der Waals surface area contributed by atoms with Gasteiger partial charge in [0.15, 0.2) is 11.5 Å². The first-order valence-corrected chi connectivity index (χ1v) is 10.5. The largest absolute Gasteiger partial charge is 0.508 e. The van der Waals surface area contributed by atoms with E-state index in [0.717, 1.165) is 0 Å². The molecule has 31 heavy (non-hydrogen) atoms. The molecular formula is C22H25ClN2O6. The summed E-state index contributed by atoms with van der Waals surface area (Å²) in [6.07, 6.45) is 0.570. The molecule has 1 atom stereocenters. The normalized spacial score (nSPS) is 18.0. The minimum atomic E-state index is -0.747. The number of nitrogens with one attached hydrogen (secondary N) is 1. The summed E-state index contributed by atoms with van der Waals surface area (Å²) in [4.78, 5) is 13.5. The zero-order chi connectivity index (χ0) is 22.0. The summed E-state index contributed by atoms with van der Waals surface area (Å²) >= 11 is 6.03. The van der Waals surface area contributed by atoms with Crippen molar-refractivity contribution >= 4 is 23.2 Å². The van der Waals surface area contributed by atoms with E-state index in [1.807, 2.05) is 6.07 Å². The third-order valence-corrected chi connectivity index (χ3v) is 5.53. The molecule has 4 rings (SSSR count). The van der Waals surface area contributed by atoms with E-state index in [4.69, 9.17) is 25.8 Å². The molecule has 9 heteroatoms. The Morgan fingerprint density at radius 2 is 1.97 bits per heavy atom. The van der Waals surface area contributed by atoms with Crippen LogP contribution in [0.3, 0.4) is 0 Å². The van der Waals surface area contributed by atoms with Crippen molar-refractivity contribution in [1.82, 2.24) is 4.90 Å². The fourth-order valence-corrected chi connectivity index (χ4v) is 3.97. The number of ether oxygens (including phenoxy) is 3. The SMILES string of the molecule is CC(=O)Nc1ccc(O)cc1OC[C@H](O)CN1CCC2(CC1)Oc1ccc(Cl)cc1O2. The molecule has 0 bridgehead atoms. The van der Waals surface area contributed by atoms with Gasteiger partial charge in [0.2, 0.25) is 5.91 Å². The number of hydrogen-bond acceptors (Lipinski definition) is 7.